The lowest BCUT2D eigenvalue weighted by Gasteiger charge is -2.33. The average molecular weight is 423 g/mol. The summed E-state index contributed by atoms with van der Waals surface area (Å²) in [5.74, 6) is -0.327. The number of rotatable bonds is 5. The topological polar surface area (TPSA) is 80.4 Å². The fourth-order valence-electron chi connectivity index (χ4n) is 5.36. The minimum Gasteiger partial charge on any atom is -0.370 e. The van der Waals surface area contributed by atoms with Crippen LogP contribution in [0.4, 0.5) is 11.4 Å². The summed E-state index contributed by atoms with van der Waals surface area (Å²) in [5, 5.41) is 3.16. The molecule has 2 aliphatic rings. The van der Waals surface area contributed by atoms with Crippen molar-refractivity contribution < 1.29 is 9.59 Å². The number of hydrogen-bond acceptors (Lipinski definition) is 3. The first-order chi connectivity index (χ1) is 15.0. The van der Waals surface area contributed by atoms with E-state index >= 15 is 0 Å². The van der Waals surface area contributed by atoms with Crippen molar-refractivity contribution in [3.8, 4) is 0 Å². The standard InChI is InChI=1S/C25H34N4O2/c1-17-16-21(18(2)29(17)20-8-4-3-5-9-20)25(31)27-22-10-6-7-11-23(22)28-14-12-19(13-15-28)24(26)30/h6-7,10-11,16,19-20H,3-5,8-9,12-15H2,1-2H3,(H2,26,30)(H,27,31). The van der Waals surface area contributed by atoms with Gasteiger partial charge in [0.25, 0.3) is 5.91 Å². The van der Waals surface area contributed by atoms with E-state index in [2.05, 4.69) is 28.6 Å². The Balaban J connectivity index is 1.52. The Hall–Kier alpha value is -2.76. The number of nitrogens with one attached hydrogen (secondary N) is 1. The molecule has 4 rings (SSSR count). The maximum atomic E-state index is 13.3. The van der Waals surface area contributed by atoms with Crippen LogP contribution in [0, 0.1) is 19.8 Å². The van der Waals surface area contributed by atoms with Crippen molar-refractivity contribution >= 4 is 23.2 Å². The number of primary amides is 1. The maximum Gasteiger partial charge on any atom is 0.257 e. The van der Waals surface area contributed by atoms with Crippen molar-refractivity contribution in [2.45, 2.75) is 64.8 Å². The van der Waals surface area contributed by atoms with Crippen LogP contribution >= 0.6 is 0 Å². The molecule has 2 heterocycles. The van der Waals surface area contributed by atoms with Crippen molar-refractivity contribution in [1.82, 2.24) is 4.57 Å². The molecule has 1 aromatic carbocycles. The lowest BCUT2D eigenvalue weighted by atomic mass is 9.95. The number of anilines is 2. The molecule has 2 amide bonds. The molecule has 31 heavy (non-hydrogen) atoms. The first kappa shape index (κ1) is 21.5. The molecule has 0 radical (unpaired) electrons. The van der Waals surface area contributed by atoms with Gasteiger partial charge < -0.3 is 20.5 Å². The van der Waals surface area contributed by atoms with Gasteiger partial charge in [0.15, 0.2) is 0 Å². The molecule has 0 unspecified atom stereocenters. The molecule has 1 saturated carbocycles. The third-order valence-electron chi connectivity index (χ3n) is 7.06. The van der Waals surface area contributed by atoms with Gasteiger partial charge in [-0.25, -0.2) is 0 Å². The molecule has 2 fully saturated rings. The predicted octanol–water partition coefficient (Wildman–Crippen LogP) is 4.56. The predicted molar refractivity (Wildman–Crippen MR) is 125 cm³/mol. The van der Waals surface area contributed by atoms with Crippen molar-refractivity contribution in [1.29, 1.82) is 0 Å². The Kier molecular flexibility index (Phi) is 6.35. The number of piperidine rings is 1. The summed E-state index contributed by atoms with van der Waals surface area (Å²) in [5.41, 5.74) is 10.3. The fourth-order valence-corrected chi connectivity index (χ4v) is 5.36. The highest BCUT2D eigenvalue weighted by Crippen LogP contribution is 2.33. The number of benzene rings is 1. The first-order valence-corrected chi connectivity index (χ1v) is 11.6. The van der Waals surface area contributed by atoms with Crippen LogP contribution in [-0.2, 0) is 4.79 Å². The Bertz CT molecular complexity index is 950. The third kappa shape index (κ3) is 4.48. The molecule has 0 atom stereocenters. The van der Waals surface area contributed by atoms with E-state index in [0.717, 1.165) is 54.3 Å². The molecule has 1 aliphatic heterocycles. The van der Waals surface area contributed by atoms with Crippen LogP contribution in [0.5, 0.6) is 0 Å². The molecular weight excluding hydrogens is 388 g/mol. The monoisotopic (exact) mass is 422 g/mol. The highest BCUT2D eigenvalue weighted by atomic mass is 16.2. The van der Waals surface area contributed by atoms with Gasteiger partial charge in [-0.1, -0.05) is 31.4 Å². The smallest absolute Gasteiger partial charge is 0.257 e. The minimum absolute atomic E-state index is 0.0526. The summed E-state index contributed by atoms with van der Waals surface area (Å²) < 4.78 is 2.37. The average Bonchev–Trinajstić information content (AvgIpc) is 3.09. The number of carbonyl (C=O) groups excluding carboxylic acids is 2. The Morgan fingerprint density at radius 2 is 1.68 bits per heavy atom. The van der Waals surface area contributed by atoms with Crippen LogP contribution in [0.25, 0.3) is 0 Å². The fraction of sp³-hybridized carbons (Fsp3) is 0.520. The molecule has 1 saturated heterocycles. The van der Waals surface area contributed by atoms with E-state index in [1.807, 2.05) is 30.3 Å². The van der Waals surface area contributed by atoms with E-state index in [9.17, 15) is 9.59 Å². The number of hydrogen-bond donors (Lipinski definition) is 2. The second kappa shape index (κ2) is 9.16. The van der Waals surface area contributed by atoms with Gasteiger partial charge in [-0.05, 0) is 57.7 Å². The van der Waals surface area contributed by atoms with Gasteiger partial charge in [0.1, 0.15) is 0 Å². The molecule has 2 aromatic rings. The van der Waals surface area contributed by atoms with Crippen molar-refractivity contribution in [2.24, 2.45) is 11.7 Å². The molecule has 6 heteroatoms. The molecule has 0 spiro atoms. The van der Waals surface area contributed by atoms with E-state index in [1.165, 1.54) is 32.1 Å². The van der Waals surface area contributed by atoms with E-state index in [1.54, 1.807) is 0 Å². The molecule has 3 N–H and O–H groups in total. The minimum atomic E-state index is -0.213. The van der Waals surface area contributed by atoms with Gasteiger partial charge in [-0.15, -0.1) is 0 Å². The van der Waals surface area contributed by atoms with Gasteiger partial charge in [0.2, 0.25) is 5.91 Å². The third-order valence-corrected chi connectivity index (χ3v) is 7.06. The summed E-state index contributed by atoms with van der Waals surface area (Å²) in [6.45, 7) is 5.69. The molecule has 1 aliphatic carbocycles. The van der Waals surface area contributed by atoms with Crippen LogP contribution in [0.3, 0.4) is 0 Å². The van der Waals surface area contributed by atoms with Crippen LogP contribution < -0.4 is 16.0 Å². The maximum absolute atomic E-state index is 13.3. The summed E-state index contributed by atoms with van der Waals surface area (Å²) in [4.78, 5) is 27.0. The largest absolute Gasteiger partial charge is 0.370 e. The van der Waals surface area contributed by atoms with Crippen LogP contribution in [0.1, 0.15) is 72.7 Å². The van der Waals surface area contributed by atoms with Gasteiger partial charge in [-0.3, -0.25) is 9.59 Å². The molecular formula is C25H34N4O2. The molecule has 1 aromatic heterocycles. The van der Waals surface area contributed by atoms with Crippen molar-refractivity contribution in [3.63, 3.8) is 0 Å². The zero-order valence-electron chi connectivity index (χ0n) is 18.7. The van der Waals surface area contributed by atoms with Gasteiger partial charge in [0.05, 0.1) is 16.9 Å². The van der Waals surface area contributed by atoms with Crippen LogP contribution in [-0.4, -0.2) is 29.5 Å². The number of nitrogens with two attached hydrogens (primary N) is 1. The number of para-hydroxylation sites is 2. The number of amides is 2. The van der Waals surface area contributed by atoms with E-state index in [0.29, 0.717) is 6.04 Å². The summed E-state index contributed by atoms with van der Waals surface area (Å²) in [6.07, 6.45) is 7.74. The molecule has 0 bridgehead atoms. The Labute approximate surface area is 184 Å². The van der Waals surface area contributed by atoms with E-state index in [-0.39, 0.29) is 17.7 Å². The second-order valence-electron chi connectivity index (χ2n) is 9.08. The number of aryl methyl sites for hydroxylation is 1. The Morgan fingerprint density at radius 1 is 1.00 bits per heavy atom. The molecule has 166 valence electrons. The highest BCUT2D eigenvalue weighted by molar-refractivity contribution is 6.07. The van der Waals surface area contributed by atoms with Crippen molar-refractivity contribution in [3.05, 3.63) is 47.3 Å². The lowest BCUT2D eigenvalue weighted by Crippen LogP contribution is -2.38. The van der Waals surface area contributed by atoms with E-state index < -0.39 is 0 Å². The highest BCUT2D eigenvalue weighted by Gasteiger charge is 2.26. The number of carbonyl (C=O) groups is 2. The zero-order chi connectivity index (χ0) is 22.0. The van der Waals surface area contributed by atoms with E-state index in [4.69, 9.17) is 5.73 Å². The molecule has 6 nitrogen and oxygen atoms in total. The normalized spacial score (nSPS) is 18.2. The van der Waals surface area contributed by atoms with Gasteiger partial charge in [0, 0.05) is 36.4 Å². The quantitative estimate of drug-likeness (QED) is 0.741. The van der Waals surface area contributed by atoms with Crippen LogP contribution in [0.15, 0.2) is 30.3 Å². The number of nitrogens with zero attached hydrogens (tertiary/aromatic N) is 2. The summed E-state index contributed by atoms with van der Waals surface area (Å²) in [6, 6.07) is 10.5. The first-order valence-electron chi connectivity index (χ1n) is 11.6. The van der Waals surface area contributed by atoms with Crippen LogP contribution in [0.2, 0.25) is 0 Å². The van der Waals surface area contributed by atoms with Crippen molar-refractivity contribution in [2.75, 3.05) is 23.3 Å². The summed E-state index contributed by atoms with van der Waals surface area (Å²) >= 11 is 0. The van der Waals surface area contributed by atoms with Gasteiger partial charge >= 0.3 is 0 Å². The SMILES string of the molecule is Cc1cc(C(=O)Nc2ccccc2N2CCC(C(N)=O)CC2)c(C)n1C1CCCCC1. The lowest BCUT2D eigenvalue weighted by molar-refractivity contribution is -0.122. The van der Waals surface area contributed by atoms with Gasteiger partial charge in [-0.2, -0.15) is 0 Å². The summed E-state index contributed by atoms with van der Waals surface area (Å²) in [7, 11) is 0. The number of aromatic nitrogens is 1. The zero-order valence-corrected chi connectivity index (χ0v) is 18.7. The Morgan fingerprint density at radius 3 is 2.35 bits per heavy atom. The second-order valence-corrected chi connectivity index (χ2v) is 9.08.